The number of hydrogen-bond acceptors (Lipinski definition) is 1. The van der Waals surface area contributed by atoms with Crippen LogP contribution in [0.25, 0.3) is 0 Å². The summed E-state index contributed by atoms with van der Waals surface area (Å²) in [5.41, 5.74) is 3.89. The molecule has 1 fully saturated rings. The molecule has 1 heteroatoms. The highest BCUT2D eigenvalue weighted by molar-refractivity contribution is 5.83. The molecule has 1 aliphatic carbocycles. The van der Waals surface area contributed by atoms with Crippen LogP contribution in [0.15, 0.2) is 54.6 Å². The fourth-order valence-electron chi connectivity index (χ4n) is 3.60. The first kappa shape index (κ1) is 16.0. The summed E-state index contributed by atoms with van der Waals surface area (Å²) in [6.07, 6.45) is 8.68. The molecule has 1 aliphatic rings. The lowest BCUT2D eigenvalue weighted by Crippen LogP contribution is -2.19. The van der Waals surface area contributed by atoms with Crippen molar-refractivity contribution in [1.29, 1.82) is 0 Å². The van der Waals surface area contributed by atoms with E-state index in [0.29, 0.717) is 18.1 Å². The molecule has 0 amide bonds. The van der Waals surface area contributed by atoms with E-state index in [1.54, 1.807) is 0 Å². The maximum absolute atomic E-state index is 12.5. The Morgan fingerprint density at radius 3 is 2.22 bits per heavy atom. The third-order valence-electron chi connectivity index (χ3n) is 4.98. The van der Waals surface area contributed by atoms with Crippen molar-refractivity contribution in [3.63, 3.8) is 0 Å². The second-order valence-electron chi connectivity index (χ2n) is 6.78. The van der Waals surface area contributed by atoms with Crippen LogP contribution in [0.5, 0.6) is 0 Å². The van der Waals surface area contributed by atoms with E-state index in [4.69, 9.17) is 0 Å². The molecule has 0 aliphatic heterocycles. The highest BCUT2D eigenvalue weighted by atomic mass is 16.1. The third-order valence-corrected chi connectivity index (χ3v) is 4.98. The predicted molar refractivity (Wildman–Crippen MR) is 95.6 cm³/mol. The monoisotopic (exact) mass is 306 g/mol. The number of hydrogen-bond donors (Lipinski definition) is 0. The van der Waals surface area contributed by atoms with Crippen molar-refractivity contribution in [3.8, 4) is 0 Å². The van der Waals surface area contributed by atoms with E-state index >= 15 is 0 Å². The molecule has 0 bridgehead atoms. The van der Waals surface area contributed by atoms with Gasteiger partial charge in [-0.25, -0.2) is 0 Å². The van der Waals surface area contributed by atoms with Gasteiger partial charge in [-0.1, -0.05) is 73.9 Å². The van der Waals surface area contributed by atoms with Gasteiger partial charge in [-0.15, -0.1) is 0 Å². The molecule has 2 aromatic rings. The van der Waals surface area contributed by atoms with Gasteiger partial charge in [0.1, 0.15) is 5.78 Å². The van der Waals surface area contributed by atoms with Gasteiger partial charge in [0.15, 0.2) is 0 Å². The number of aryl methyl sites for hydroxylation is 2. The summed E-state index contributed by atoms with van der Waals surface area (Å²) in [6.45, 7) is 0. The van der Waals surface area contributed by atoms with Crippen molar-refractivity contribution < 1.29 is 4.79 Å². The lowest BCUT2D eigenvalue weighted by molar-refractivity contribution is -0.123. The largest absolute Gasteiger partial charge is 0.299 e. The van der Waals surface area contributed by atoms with Gasteiger partial charge in [0, 0.05) is 12.3 Å². The number of carbonyl (C=O) groups excluding carboxylic acids is 1. The second kappa shape index (κ2) is 8.10. The molecule has 120 valence electrons. The SMILES string of the molecule is O=C(Cc1cccc(CCc2ccccc2)c1)C1CCCCC1. The number of ketones is 1. The third kappa shape index (κ3) is 4.79. The van der Waals surface area contributed by atoms with Crippen LogP contribution in [0.2, 0.25) is 0 Å². The summed E-state index contributed by atoms with van der Waals surface area (Å²) in [7, 11) is 0. The molecule has 0 aromatic heterocycles. The van der Waals surface area contributed by atoms with Gasteiger partial charge < -0.3 is 0 Å². The van der Waals surface area contributed by atoms with Crippen molar-refractivity contribution in [2.75, 3.05) is 0 Å². The van der Waals surface area contributed by atoms with Crippen LogP contribution < -0.4 is 0 Å². The minimum Gasteiger partial charge on any atom is -0.299 e. The molecular formula is C22H26O. The zero-order valence-electron chi connectivity index (χ0n) is 13.8. The van der Waals surface area contributed by atoms with Crippen LogP contribution in [0, 0.1) is 5.92 Å². The molecule has 0 heterocycles. The van der Waals surface area contributed by atoms with Crippen molar-refractivity contribution in [3.05, 3.63) is 71.3 Å². The molecule has 0 spiro atoms. The lowest BCUT2D eigenvalue weighted by Gasteiger charge is -2.20. The number of rotatable bonds is 6. The predicted octanol–water partition coefficient (Wildman–Crippen LogP) is 5.16. The fraction of sp³-hybridized carbons (Fsp3) is 0.409. The smallest absolute Gasteiger partial charge is 0.140 e. The standard InChI is InChI=1S/C22H26O/c23-22(21-12-5-2-6-13-21)17-20-11-7-10-19(16-20)15-14-18-8-3-1-4-9-18/h1,3-4,7-11,16,21H,2,5-6,12-15,17H2. The van der Waals surface area contributed by atoms with Crippen LogP contribution in [0.4, 0.5) is 0 Å². The van der Waals surface area contributed by atoms with E-state index in [2.05, 4.69) is 54.6 Å². The lowest BCUT2D eigenvalue weighted by atomic mass is 9.84. The molecule has 3 rings (SSSR count). The van der Waals surface area contributed by atoms with Gasteiger partial charge in [0.05, 0.1) is 0 Å². The van der Waals surface area contributed by atoms with Gasteiger partial charge in [0.25, 0.3) is 0 Å². The van der Waals surface area contributed by atoms with Crippen LogP contribution in [-0.4, -0.2) is 5.78 Å². The molecule has 0 saturated heterocycles. The van der Waals surface area contributed by atoms with Crippen molar-refractivity contribution in [2.45, 2.75) is 51.4 Å². The van der Waals surface area contributed by atoms with E-state index in [9.17, 15) is 4.79 Å². The first-order valence-electron chi connectivity index (χ1n) is 8.96. The Bertz CT molecular complexity index is 623. The topological polar surface area (TPSA) is 17.1 Å². The molecule has 1 saturated carbocycles. The fourth-order valence-corrected chi connectivity index (χ4v) is 3.60. The first-order chi connectivity index (χ1) is 11.3. The van der Waals surface area contributed by atoms with Gasteiger partial charge >= 0.3 is 0 Å². The van der Waals surface area contributed by atoms with Gasteiger partial charge in [-0.05, 0) is 42.4 Å². The highest BCUT2D eigenvalue weighted by Crippen LogP contribution is 2.25. The molecule has 0 radical (unpaired) electrons. The van der Waals surface area contributed by atoms with Crippen LogP contribution in [0.3, 0.4) is 0 Å². The van der Waals surface area contributed by atoms with Crippen molar-refractivity contribution in [1.82, 2.24) is 0 Å². The van der Waals surface area contributed by atoms with E-state index in [1.165, 1.54) is 36.0 Å². The maximum Gasteiger partial charge on any atom is 0.140 e. The zero-order chi connectivity index (χ0) is 15.9. The Morgan fingerprint density at radius 2 is 1.43 bits per heavy atom. The van der Waals surface area contributed by atoms with Crippen molar-refractivity contribution >= 4 is 5.78 Å². The van der Waals surface area contributed by atoms with E-state index in [1.807, 2.05) is 0 Å². The summed E-state index contributed by atoms with van der Waals surface area (Å²) < 4.78 is 0. The van der Waals surface area contributed by atoms with Crippen LogP contribution >= 0.6 is 0 Å². The van der Waals surface area contributed by atoms with Crippen LogP contribution in [0.1, 0.15) is 48.8 Å². The zero-order valence-corrected chi connectivity index (χ0v) is 13.8. The highest BCUT2D eigenvalue weighted by Gasteiger charge is 2.20. The summed E-state index contributed by atoms with van der Waals surface area (Å²) in [4.78, 5) is 12.5. The van der Waals surface area contributed by atoms with Crippen LogP contribution in [-0.2, 0) is 24.1 Å². The average molecular weight is 306 g/mol. The van der Waals surface area contributed by atoms with Gasteiger partial charge in [-0.3, -0.25) is 4.79 Å². The maximum atomic E-state index is 12.5. The Morgan fingerprint density at radius 1 is 0.783 bits per heavy atom. The number of Topliss-reactive ketones (excluding diaryl/α,β-unsaturated/α-hetero) is 1. The van der Waals surface area contributed by atoms with Gasteiger partial charge in [0.2, 0.25) is 0 Å². The molecule has 0 unspecified atom stereocenters. The number of carbonyl (C=O) groups is 1. The van der Waals surface area contributed by atoms with Gasteiger partial charge in [-0.2, -0.15) is 0 Å². The second-order valence-corrected chi connectivity index (χ2v) is 6.78. The molecular weight excluding hydrogens is 280 g/mol. The first-order valence-corrected chi connectivity index (χ1v) is 8.96. The van der Waals surface area contributed by atoms with E-state index < -0.39 is 0 Å². The normalized spacial score (nSPS) is 15.5. The Labute approximate surface area is 139 Å². The molecule has 2 aromatic carbocycles. The quantitative estimate of drug-likeness (QED) is 0.720. The molecule has 1 nitrogen and oxygen atoms in total. The van der Waals surface area contributed by atoms with Crippen molar-refractivity contribution in [2.24, 2.45) is 5.92 Å². The summed E-state index contributed by atoms with van der Waals surface area (Å²) >= 11 is 0. The Kier molecular flexibility index (Phi) is 5.63. The molecule has 0 N–H and O–H groups in total. The van der Waals surface area contributed by atoms with E-state index in [0.717, 1.165) is 25.7 Å². The minimum absolute atomic E-state index is 0.316. The minimum atomic E-state index is 0.316. The summed E-state index contributed by atoms with van der Waals surface area (Å²) in [6, 6.07) is 19.2. The number of benzene rings is 2. The Hall–Kier alpha value is -1.89. The molecule has 23 heavy (non-hydrogen) atoms. The summed E-state index contributed by atoms with van der Waals surface area (Å²) in [5.74, 6) is 0.765. The Balaban J connectivity index is 1.57. The summed E-state index contributed by atoms with van der Waals surface area (Å²) in [5, 5.41) is 0. The van der Waals surface area contributed by atoms with E-state index in [-0.39, 0.29) is 0 Å². The average Bonchev–Trinajstić information content (AvgIpc) is 2.62. The molecule has 0 atom stereocenters.